The first-order chi connectivity index (χ1) is 18.2. The third kappa shape index (κ3) is 8.91. The number of carbonyl (C=O) groups excluding carboxylic acids is 1. The minimum atomic E-state index is -0.270. The average Bonchev–Trinajstić information content (AvgIpc) is 3.16. The highest BCUT2D eigenvalue weighted by Gasteiger charge is 2.21. The van der Waals surface area contributed by atoms with Gasteiger partial charge in [0.15, 0.2) is 0 Å². The monoisotopic (exact) mass is 505 g/mol. The van der Waals surface area contributed by atoms with E-state index in [9.17, 15) is 4.79 Å². The van der Waals surface area contributed by atoms with Crippen LogP contribution in [-0.2, 0) is 24.3 Å². The quantitative estimate of drug-likeness (QED) is 0.237. The number of nitrogens with one attached hydrogen (secondary N) is 4. The van der Waals surface area contributed by atoms with E-state index in [-0.39, 0.29) is 11.9 Å². The van der Waals surface area contributed by atoms with Gasteiger partial charge in [-0.15, -0.1) is 0 Å². The van der Waals surface area contributed by atoms with E-state index in [1.54, 1.807) is 6.20 Å². The number of carbonyl (C=O) groups is 1. The Kier molecular flexibility index (Phi) is 11.4. The summed E-state index contributed by atoms with van der Waals surface area (Å²) in [5.41, 5.74) is 5.15. The number of aromatic nitrogens is 1. The van der Waals surface area contributed by atoms with E-state index < -0.39 is 0 Å². The molecular formula is C31H47N5O. The van der Waals surface area contributed by atoms with E-state index in [4.69, 9.17) is 0 Å². The predicted octanol–water partition coefficient (Wildman–Crippen LogP) is 4.59. The fraction of sp³-hybridized carbons (Fsp3) is 0.613. The van der Waals surface area contributed by atoms with Gasteiger partial charge in [0.2, 0.25) is 5.91 Å². The summed E-state index contributed by atoms with van der Waals surface area (Å²) in [6, 6.07) is 13.0. The molecule has 0 saturated heterocycles. The molecule has 2 aliphatic carbocycles. The smallest absolute Gasteiger partial charge is 0.237 e. The van der Waals surface area contributed by atoms with Gasteiger partial charge < -0.3 is 21.3 Å². The number of nitrogens with zero attached hydrogens (tertiary/aromatic N) is 1. The molecule has 202 valence electrons. The molecule has 6 nitrogen and oxygen atoms in total. The van der Waals surface area contributed by atoms with Crippen LogP contribution in [0.15, 0.2) is 42.6 Å². The van der Waals surface area contributed by atoms with Crippen LogP contribution < -0.4 is 21.3 Å². The molecule has 6 heteroatoms. The van der Waals surface area contributed by atoms with Gasteiger partial charge in [-0.3, -0.25) is 9.78 Å². The first-order valence-electron chi connectivity index (χ1n) is 14.7. The second-order valence-corrected chi connectivity index (χ2v) is 10.9. The summed E-state index contributed by atoms with van der Waals surface area (Å²) in [6.45, 7) is 6.32. The molecule has 2 unspecified atom stereocenters. The van der Waals surface area contributed by atoms with Crippen molar-refractivity contribution in [2.75, 3.05) is 19.6 Å². The Bertz CT molecular complexity index is 944. The first-order valence-corrected chi connectivity index (χ1v) is 14.7. The Labute approximate surface area is 223 Å². The molecule has 37 heavy (non-hydrogen) atoms. The number of benzene rings is 1. The molecular weight excluding hydrogens is 458 g/mol. The van der Waals surface area contributed by atoms with Crippen LogP contribution in [0.1, 0.15) is 93.0 Å². The maximum atomic E-state index is 12.8. The van der Waals surface area contributed by atoms with Crippen molar-refractivity contribution < 1.29 is 4.79 Å². The Morgan fingerprint density at radius 2 is 1.84 bits per heavy atom. The van der Waals surface area contributed by atoms with Crippen molar-refractivity contribution in [2.24, 2.45) is 0 Å². The van der Waals surface area contributed by atoms with Crippen LogP contribution in [-0.4, -0.2) is 42.6 Å². The van der Waals surface area contributed by atoms with E-state index in [1.807, 2.05) is 25.1 Å². The first kappa shape index (κ1) is 27.7. The summed E-state index contributed by atoms with van der Waals surface area (Å²) in [7, 11) is 0. The Hall–Kier alpha value is -2.28. The number of hydrogen-bond donors (Lipinski definition) is 4. The van der Waals surface area contributed by atoms with E-state index >= 15 is 0 Å². The molecule has 1 aromatic heterocycles. The maximum Gasteiger partial charge on any atom is 0.237 e. The van der Waals surface area contributed by atoms with Gasteiger partial charge in [-0.1, -0.05) is 49.9 Å². The van der Waals surface area contributed by atoms with E-state index in [1.165, 1.54) is 74.5 Å². The second-order valence-electron chi connectivity index (χ2n) is 10.9. The molecule has 1 heterocycles. The topological polar surface area (TPSA) is 78.1 Å². The zero-order chi connectivity index (χ0) is 25.7. The molecule has 1 saturated carbocycles. The van der Waals surface area contributed by atoms with Crippen LogP contribution in [0.5, 0.6) is 0 Å². The van der Waals surface area contributed by atoms with Crippen molar-refractivity contribution in [3.8, 4) is 0 Å². The molecule has 2 atom stereocenters. The standard InChI is InChI=1S/C31H47N5O/c1-24(35-23-28-15-7-8-19-34-28)31(37)36-22-26-12-9-17-30-25(11-5-6-16-29(26)30)21-32-18-10-20-33-27-13-3-2-4-14-27/h7-9,12,15,17,19,24-25,27,32-33,35H,2-6,10-11,13-14,16,18,20-23H2,1H3,(H,36,37). The van der Waals surface area contributed by atoms with Gasteiger partial charge in [-0.05, 0) is 93.3 Å². The van der Waals surface area contributed by atoms with Crippen LogP contribution in [0.2, 0.25) is 0 Å². The predicted molar refractivity (Wildman–Crippen MR) is 151 cm³/mol. The third-order valence-corrected chi connectivity index (χ3v) is 8.10. The zero-order valence-electron chi connectivity index (χ0n) is 22.7. The Morgan fingerprint density at radius 1 is 0.973 bits per heavy atom. The van der Waals surface area contributed by atoms with Crippen LogP contribution in [0.4, 0.5) is 0 Å². The highest BCUT2D eigenvalue weighted by atomic mass is 16.2. The third-order valence-electron chi connectivity index (χ3n) is 8.10. The van der Waals surface area contributed by atoms with Crippen LogP contribution in [0.3, 0.4) is 0 Å². The SMILES string of the molecule is CC(NCc1ccccn1)C(=O)NCc1cccc2c1CCCCC2CNCCCNC1CCCCC1. The van der Waals surface area contributed by atoms with Crippen LogP contribution in [0.25, 0.3) is 0 Å². The fourth-order valence-electron chi connectivity index (χ4n) is 5.86. The summed E-state index contributed by atoms with van der Waals surface area (Å²) in [4.78, 5) is 17.1. The lowest BCUT2D eigenvalue weighted by molar-refractivity contribution is -0.122. The Morgan fingerprint density at radius 3 is 2.68 bits per heavy atom. The number of amides is 1. The molecule has 0 bridgehead atoms. The van der Waals surface area contributed by atoms with Gasteiger partial charge in [0, 0.05) is 31.9 Å². The fourth-order valence-corrected chi connectivity index (χ4v) is 5.86. The average molecular weight is 506 g/mol. The van der Waals surface area contributed by atoms with Gasteiger partial charge in [0.05, 0.1) is 11.7 Å². The number of pyridine rings is 1. The highest BCUT2D eigenvalue weighted by molar-refractivity contribution is 5.81. The molecule has 4 rings (SSSR count). The second kappa shape index (κ2) is 15.2. The minimum Gasteiger partial charge on any atom is -0.351 e. The number of rotatable bonds is 13. The zero-order valence-corrected chi connectivity index (χ0v) is 22.7. The summed E-state index contributed by atoms with van der Waals surface area (Å²) >= 11 is 0. The lowest BCUT2D eigenvalue weighted by Crippen LogP contribution is -2.41. The highest BCUT2D eigenvalue weighted by Crippen LogP contribution is 2.32. The van der Waals surface area contributed by atoms with Gasteiger partial charge in [0.1, 0.15) is 0 Å². The van der Waals surface area contributed by atoms with Crippen molar-refractivity contribution >= 4 is 5.91 Å². The molecule has 2 aliphatic rings. The molecule has 0 aliphatic heterocycles. The molecule has 0 radical (unpaired) electrons. The molecule has 1 amide bonds. The maximum absolute atomic E-state index is 12.8. The molecule has 1 aromatic carbocycles. The van der Waals surface area contributed by atoms with Crippen molar-refractivity contribution in [1.82, 2.24) is 26.3 Å². The van der Waals surface area contributed by atoms with Gasteiger partial charge in [-0.2, -0.15) is 0 Å². The Balaban J connectivity index is 1.23. The van der Waals surface area contributed by atoms with E-state index in [2.05, 4.69) is 44.5 Å². The number of hydrogen-bond acceptors (Lipinski definition) is 5. The van der Waals surface area contributed by atoms with Crippen molar-refractivity contribution in [3.63, 3.8) is 0 Å². The normalized spacial score (nSPS) is 19.1. The minimum absolute atomic E-state index is 0.0298. The largest absolute Gasteiger partial charge is 0.351 e. The summed E-state index contributed by atoms with van der Waals surface area (Å²) in [5.74, 6) is 0.584. The number of fused-ring (bicyclic) bond motifs is 1. The van der Waals surface area contributed by atoms with Gasteiger partial charge in [0.25, 0.3) is 0 Å². The van der Waals surface area contributed by atoms with Gasteiger partial charge in [-0.25, -0.2) is 0 Å². The lowest BCUT2D eigenvalue weighted by Gasteiger charge is -2.23. The van der Waals surface area contributed by atoms with Crippen LogP contribution in [0, 0.1) is 0 Å². The molecule has 4 N–H and O–H groups in total. The summed E-state index contributed by atoms with van der Waals surface area (Å²) in [6.07, 6.45) is 14.7. The van der Waals surface area contributed by atoms with Crippen molar-refractivity contribution in [3.05, 3.63) is 65.0 Å². The van der Waals surface area contributed by atoms with E-state index in [0.29, 0.717) is 19.0 Å². The summed E-state index contributed by atoms with van der Waals surface area (Å²) < 4.78 is 0. The molecule has 1 fully saturated rings. The molecule has 0 spiro atoms. The van der Waals surface area contributed by atoms with Crippen molar-refractivity contribution in [2.45, 2.75) is 102 Å². The van der Waals surface area contributed by atoms with Crippen molar-refractivity contribution in [1.29, 1.82) is 0 Å². The lowest BCUT2D eigenvalue weighted by atomic mass is 9.89. The summed E-state index contributed by atoms with van der Waals surface area (Å²) in [5, 5.41) is 14.0. The molecule has 2 aromatic rings. The van der Waals surface area contributed by atoms with Gasteiger partial charge >= 0.3 is 0 Å². The van der Waals surface area contributed by atoms with E-state index in [0.717, 1.165) is 37.8 Å². The van der Waals surface area contributed by atoms with Crippen LogP contribution >= 0.6 is 0 Å².